The minimum Gasteiger partial charge on any atom is -0.237 e. The first-order chi connectivity index (χ1) is 6.55. The van der Waals surface area contributed by atoms with Crippen molar-refractivity contribution in [1.82, 2.24) is 0 Å². The minimum absolute atomic E-state index is 0.102. The Morgan fingerprint density at radius 1 is 0.867 bits per heavy atom. The van der Waals surface area contributed by atoms with Gasteiger partial charge in [0.1, 0.15) is 0 Å². The second-order valence-corrected chi connectivity index (χ2v) is 2.66. The number of hydrogen-bond donors (Lipinski definition) is 0. The summed E-state index contributed by atoms with van der Waals surface area (Å²) >= 11 is 0. The lowest BCUT2D eigenvalue weighted by atomic mass is 10.0. The quantitative estimate of drug-likeness (QED) is 0.523. The summed E-state index contributed by atoms with van der Waals surface area (Å²) in [5, 5.41) is 0. The Morgan fingerprint density at radius 2 is 1.27 bits per heavy atom. The van der Waals surface area contributed by atoms with Crippen LogP contribution in [-0.2, 0) is 0 Å². The van der Waals surface area contributed by atoms with Gasteiger partial charge in [-0.25, -0.2) is 13.2 Å². The van der Waals surface area contributed by atoms with Crippen LogP contribution in [0.25, 0.3) is 0 Å². The number of hydrogen-bond acceptors (Lipinski definition) is 0. The molecule has 0 aliphatic carbocycles. The van der Waals surface area contributed by atoms with Crippen molar-refractivity contribution >= 4 is 0 Å². The Kier molecular flexibility index (Phi) is 4.12. The van der Waals surface area contributed by atoms with Gasteiger partial charge in [0.05, 0.1) is 0 Å². The molecule has 15 heavy (non-hydrogen) atoms. The first-order valence-corrected chi connectivity index (χ1v) is 3.54. The molecule has 0 amide bonds. The van der Waals surface area contributed by atoms with Crippen LogP contribution in [-0.4, -0.2) is 30.6 Å². The van der Waals surface area contributed by atoms with Crippen molar-refractivity contribution in [2.24, 2.45) is 0 Å². The van der Waals surface area contributed by atoms with Crippen LogP contribution in [0.1, 0.15) is 0 Å². The smallest absolute Gasteiger partial charge is 0.237 e. The maximum Gasteiger partial charge on any atom is 0.422 e. The largest absolute Gasteiger partial charge is 0.422 e. The molecule has 0 aliphatic heterocycles. The molecule has 0 aromatic carbocycles. The van der Waals surface area contributed by atoms with E-state index in [-0.39, 0.29) is 6.08 Å². The second kappa shape index (κ2) is 4.36. The molecule has 0 rings (SSSR count). The summed E-state index contributed by atoms with van der Waals surface area (Å²) in [6, 6.07) is 0. The standard InChI is InChI=1S/C7H6F8/c1-2-3(8)6(11,12)4(9)5(10)7(13,14)15/h2-5H,1H2. The van der Waals surface area contributed by atoms with E-state index in [1.54, 1.807) is 0 Å². The van der Waals surface area contributed by atoms with E-state index in [0.29, 0.717) is 0 Å². The number of rotatable bonds is 4. The summed E-state index contributed by atoms with van der Waals surface area (Å²) in [7, 11) is 0. The van der Waals surface area contributed by atoms with E-state index in [0.717, 1.165) is 0 Å². The maximum absolute atomic E-state index is 12.4. The highest BCUT2D eigenvalue weighted by Gasteiger charge is 2.59. The molecule has 0 aromatic heterocycles. The molecule has 3 atom stereocenters. The van der Waals surface area contributed by atoms with Crippen LogP contribution in [0, 0.1) is 0 Å². The highest BCUT2D eigenvalue weighted by Crippen LogP contribution is 2.37. The summed E-state index contributed by atoms with van der Waals surface area (Å²) in [4.78, 5) is 0. The molecular weight excluding hydrogens is 236 g/mol. The molecule has 0 heterocycles. The van der Waals surface area contributed by atoms with Gasteiger partial charge in [-0.1, -0.05) is 12.7 Å². The van der Waals surface area contributed by atoms with Gasteiger partial charge >= 0.3 is 12.1 Å². The number of halogens is 8. The zero-order valence-electron chi connectivity index (χ0n) is 7.04. The summed E-state index contributed by atoms with van der Waals surface area (Å²) in [5.74, 6) is -5.10. The topological polar surface area (TPSA) is 0 Å². The van der Waals surface area contributed by atoms with Crippen molar-refractivity contribution < 1.29 is 35.1 Å². The fourth-order valence-corrected chi connectivity index (χ4v) is 0.670. The van der Waals surface area contributed by atoms with Crippen LogP contribution in [0.2, 0.25) is 0 Å². The molecule has 0 aliphatic rings. The zero-order chi connectivity index (χ0) is 12.4. The fourth-order valence-electron chi connectivity index (χ4n) is 0.670. The molecule has 0 saturated carbocycles. The third-order valence-corrected chi connectivity index (χ3v) is 1.51. The predicted molar refractivity (Wildman–Crippen MR) is 35.9 cm³/mol. The average Bonchev–Trinajstić information content (AvgIpc) is 2.12. The van der Waals surface area contributed by atoms with E-state index in [9.17, 15) is 35.1 Å². The monoisotopic (exact) mass is 242 g/mol. The van der Waals surface area contributed by atoms with Crippen molar-refractivity contribution in [3.8, 4) is 0 Å². The molecule has 0 spiro atoms. The third-order valence-electron chi connectivity index (χ3n) is 1.51. The molecular formula is C7H6F8. The second-order valence-electron chi connectivity index (χ2n) is 2.66. The summed E-state index contributed by atoms with van der Waals surface area (Å²) < 4.78 is 96.1. The van der Waals surface area contributed by atoms with Gasteiger partial charge in [-0.05, 0) is 0 Å². The van der Waals surface area contributed by atoms with E-state index < -0.39 is 30.6 Å². The third kappa shape index (κ3) is 3.07. The van der Waals surface area contributed by atoms with E-state index in [1.165, 1.54) is 0 Å². The Labute approximate surface area is 79.6 Å². The molecule has 0 saturated heterocycles. The zero-order valence-corrected chi connectivity index (χ0v) is 7.04. The molecule has 0 N–H and O–H groups in total. The Bertz CT molecular complexity index is 220. The molecule has 0 aromatic rings. The van der Waals surface area contributed by atoms with E-state index in [4.69, 9.17) is 0 Å². The summed E-state index contributed by atoms with van der Waals surface area (Å²) in [6.45, 7) is 2.51. The lowest BCUT2D eigenvalue weighted by Crippen LogP contribution is -2.49. The molecule has 3 unspecified atom stereocenters. The van der Waals surface area contributed by atoms with Crippen molar-refractivity contribution in [2.75, 3.05) is 0 Å². The Hall–Kier alpha value is -0.820. The normalized spacial score (nSPS) is 19.5. The van der Waals surface area contributed by atoms with Crippen molar-refractivity contribution in [1.29, 1.82) is 0 Å². The first-order valence-electron chi connectivity index (χ1n) is 3.54. The molecule has 90 valence electrons. The van der Waals surface area contributed by atoms with Crippen LogP contribution in [0.4, 0.5) is 35.1 Å². The predicted octanol–water partition coefficient (Wildman–Crippen LogP) is 3.38. The van der Waals surface area contributed by atoms with E-state index >= 15 is 0 Å². The Balaban J connectivity index is 4.84. The van der Waals surface area contributed by atoms with Gasteiger partial charge in [-0.15, -0.1) is 0 Å². The van der Waals surface area contributed by atoms with Crippen molar-refractivity contribution in [3.05, 3.63) is 12.7 Å². The lowest BCUT2D eigenvalue weighted by molar-refractivity contribution is -0.233. The van der Waals surface area contributed by atoms with Gasteiger partial charge in [-0.2, -0.15) is 22.0 Å². The highest BCUT2D eigenvalue weighted by molar-refractivity contribution is 4.98. The minimum atomic E-state index is -5.80. The van der Waals surface area contributed by atoms with E-state index in [2.05, 4.69) is 6.58 Å². The Morgan fingerprint density at radius 3 is 1.53 bits per heavy atom. The van der Waals surface area contributed by atoms with Gasteiger partial charge in [0, 0.05) is 0 Å². The summed E-state index contributed by atoms with van der Waals surface area (Å²) in [6.07, 6.45) is -18.0. The van der Waals surface area contributed by atoms with Crippen LogP contribution in [0.5, 0.6) is 0 Å². The van der Waals surface area contributed by atoms with Crippen molar-refractivity contribution in [2.45, 2.75) is 30.6 Å². The number of alkyl halides is 8. The van der Waals surface area contributed by atoms with Gasteiger partial charge in [0.15, 0.2) is 6.17 Å². The van der Waals surface area contributed by atoms with Crippen molar-refractivity contribution in [3.63, 3.8) is 0 Å². The van der Waals surface area contributed by atoms with Crippen LogP contribution < -0.4 is 0 Å². The SMILES string of the molecule is C=CC(F)C(F)(F)C(F)C(F)C(F)(F)F. The molecule has 0 bridgehead atoms. The van der Waals surface area contributed by atoms with Gasteiger partial charge < -0.3 is 0 Å². The lowest BCUT2D eigenvalue weighted by Gasteiger charge is -2.25. The highest BCUT2D eigenvalue weighted by atomic mass is 19.4. The average molecular weight is 242 g/mol. The van der Waals surface area contributed by atoms with Gasteiger partial charge in [-0.3, -0.25) is 0 Å². The number of allylic oxidation sites excluding steroid dienone is 1. The molecule has 0 radical (unpaired) electrons. The molecule has 8 heteroatoms. The van der Waals surface area contributed by atoms with Crippen LogP contribution >= 0.6 is 0 Å². The van der Waals surface area contributed by atoms with Gasteiger partial charge in [0.25, 0.3) is 0 Å². The molecule has 0 fully saturated rings. The van der Waals surface area contributed by atoms with Crippen LogP contribution in [0.15, 0.2) is 12.7 Å². The maximum atomic E-state index is 12.4. The molecule has 0 nitrogen and oxygen atoms in total. The van der Waals surface area contributed by atoms with E-state index in [1.807, 2.05) is 0 Å². The van der Waals surface area contributed by atoms with Gasteiger partial charge in [0.2, 0.25) is 12.3 Å². The fraction of sp³-hybridized carbons (Fsp3) is 0.714. The van der Waals surface area contributed by atoms with Crippen LogP contribution in [0.3, 0.4) is 0 Å². The first kappa shape index (κ1) is 14.2. The summed E-state index contributed by atoms with van der Waals surface area (Å²) in [5.41, 5.74) is 0.